The lowest BCUT2D eigenvalue weighted by atomic mass is 9.83. The molecule has 0 bridgehead atoms. The zero-order chi connectivity index (χ0) is 25.5. The fourth-order valence-electron chi connectivity index (χ4n) is 4.56. The molecule has 0 spiro atoms. The molecule has 1 aromatic heterocycles. The summed E-state index contributed by atoms with van der Waals surface area (Å²) in [6.45, 7) is 4.04. The molecule has 1 aromatic carbocycles. The summed E-state index contributed by atoms with van der Waals surface area (Å²) in [5.41, 5.74) is 1.84. The summed E-state index contributed by atoms with van der Waals surface area (Å²) in [6.07, 6.45) is 9.69. The van der Waals surface area contributed by atoms with E-state index < -0.39 is 17.4 Å². The van der Waals surface area contributed by atoms with Gasteiger partial charge in [-0.25, -0.2) is 8.42 Å². The predicted molar refractivity (Wildman–Crippen MR) is 134 cm³/mol. The Kier molecular flexibility index (Phi) is 9.76. The van der Waals surface area contributed by atoms with Gasteiger partial charge in [0, 0.05) is 24.6 Å². The monoisotopic (exact) mass is 522 g/mol. The number of rotatable bonds is 13. The molecule has 3 rings (SSSR count). The van der Waals surface area contributed by atoms with Gasteiger partial charge in [-0.1, -0.05) is 37.8 Å². The lowest BCUT2D eigenvalue weighted by Gasteiger charge is -2.20. The van der Waals surface area contributed by atoms with E-state index in [-0.39, 0.29) is 42.4 Å². The first kappa shape index (κ1) is 27.7. The van der Waals surface area contributed by atoms with Gasteiger partial charge in [-0.05, 0) is 43.9 Å². The zero-order valence-electron chi connectivity index (χ0n) is 20.7. The van der Waals surface area contributed by atoms with Gasteiger partial charge in [-0.3, -0.25) is 19.3 Å². The van der Waals surface area contributed by atoms with E-state index in [0.717, 1.165) is 24.8 Å². The maximum Gasteiger partial charge on any atom is 0.336 e. The van der Waals surface area contributed by atoms with Crippen LogP contribution in [0.5, 0.6) is 0 Å². The van der Waals surface area contributed by atoms with E-state index in [2.05, 4.69) is 9.97 Å². The molecule has 1 atom stereocenters. The van der Waals surface area contributed by atoms with Crippen LogP contribution in [0.15, 0.2) is 41.6 Å². The lowest BCUT2D eigenvalue weighted by molar-refractivity contribution is -0.120. The fraction of sp³-hybridized carbons (Fsp3) is 0.560. The molecule has 0 N–H and O–H groups in total. The normalized spacial score (nSPS) is 15.9. The molecule has 0 radical (unpaired) electrons. The molecule has 1 fully saturated rings. The Labute approximate surface area is 208 Å². The first-order valence-corrected chi connectivity index (χ1v) is 15.8. The lowest BCUT2D eigenvalue weighted by Crippen LogP contribution is -2.19. The van der Waals surface area contributed by atoms with Crippen molar-refractivity contribution in [2.24, 2.45) is 5.92 Å². The van der Waals surface area contributed by atoms with E-state index in [1.54, 1.807) is 38.1 Å². The summed E-state index contributed by atoms with van der Waals surface area (Å²) in [4.78, 5) is 22.4. The summed E-state index contributed by atoms with van der Waals surface area (Å²) in [7, 11) is -6.59. The highest BCUT2D eigenvalue weighted by molar-refractivity contribution is 7.90. The number of ketones is 1. The highest BCUT2D eigenvalue weighted by atomic mass is 32.2. The molecule has 1 saturated carbocycles. The topological polar surface area (TPSA) is 113 Å². The summed E-state index contributed by atoms with van der Waals surface area (Å²) in [5, 5.41) is 0. The number of hydrogen-bond acceptors (Lipinski definition) is 8. The summed E-state index contributed by atoms with van der Waals surface area (Å²) in [6, 6.07) is 6.65. The van der Waals surface area contributed by atoms with Gasteiger partial charge in [0.25, 0.3) is 0 Å². The Morgan fingerprint density at radius 2 is 1.60 bits per heavy atom. The largest absolute Gasteiger partial charge is 0.336 e. The zero-order valence-corrected chi connectivity index (χ0v) is 22.4. The maximum absolute atomic E-state index is 13.4. The molecule has 10 heteroatoms. The van der Waals surface area contributed by atoms with Crippen molar-refractivity contribution in [2.75, 3.05) is 19.5 Å². The van der Waals surface area contributed by atoms with Crippen LogP contribution in [-0.4, -0.2) is 43.6 Å². The van der Waals surface area contributed by atoms with E-state index in [9.17, 15) is 17.8 Å². The Morgan fingerprint density at radius 1 is 1.03 bits per heavy atom. The van der Waals surface area contributed by atoms with Crippen molar-refractivity contribution in [1.29, 1.82) is 0 Å². The highest BCUT2D eigenvalue weighted by Crippen LogP contribution is 2.50. The number of carbonyl (C=O) groups is 1. The number of Topliss-reactive ketones (excluding diaryl/α,β-unsaturated/α-hetero) is 1. The molecule has 2 aromatic rings. The number of benzene rings is 1. The van der Waals surface area contributed by atoms with Crippen LogP contribution >= 0.6 is 7.60 Å². The molecule has 1 aliphatic carbocycles. The summed E-state index contributed by atoms with van der Waals surface area (Å²) < 4.78 is 47.0. The predicted octanol–water partition coefficient (Wildman–Crippen LogP) is 5.12. The third-order valence-corrected chi connectivity index (χ3v) is 9.41. The second kappa shape index (κ2) is 12.3. The second-order valence-electron chi connectivity index (χ2n) is 9.03. The molecule has 1 aliphatic rings. The van der Waals surface area contributed by atoms with Crippen molar-refractivity contribution in [3.05, 3.63) is 53.6 Å². The van der Waals surface area contributed by atoms with Crippen LogP contribution in [0.25, 0.3) is 0 Å². The van der Waals surface area contributed by atoms with Gasteiger partial charge in [-0.15, -0.1) is 0 Å². The van der Waals surface area contributed by atoms with E-state index in [4.69, 9.17) is 9.05 Å². The Bertz CT molecular complexity index is 1120. The quantitative estimate of drug-likeness (QED) is 0.333. The van der Waals surface area contributed by atoms with Crippen molar-refractivity contribution in [3.63, 3.8) is 0 Å². The standard InChI is InChI=1S/C25H35N2O6PS/c1-4-32-34(29,33-5-2)18-22-17-26-21(16-27-22)15-25(28)24(14-19-8-6-7-9-19)20-10-12-23(13-11-20)35(3,30)31/h10-13,16-17,19,24H,4-9,14-15,18H2,1-3H3/t24-/m1/s1. The smallest absolute Gasteiger partial charge is 0.309 e. The SMILES string of the molecule is CCOP(=O)(Cc1cnc(CC(=O)[C@H](CC2CCCC2)c2ccc(S(C)(=O)=O)cc2)cn1)OCC. The van der Waals surface area contributed by atoms with Crippen LogP contribution < -0.4 is 0 Å². The van der Waals surface area contributed by atoms with E-state index in [1.807, 2.05) is 0 Å². The second-order valence-corrected chi connectivity index (χ2v) is 13.1. The minimum absolute atomic E-state index is 0.0207. The van der Waals surface area contributed by atoms with Crippen molar-refractivity contribution in [2.45, 2.75) is 69.3 Å². The summed E-state index contributed by atoms with van der Waals surface area (Å²) in [5.74, 6) is 0.183. The van der Waals surface area contributed by atoms with Gasteiger partial charge in [0.1, 0.15) is 5.78 Å². The maximum atomic E-state index is 13.4. The van der Waals surface area contributed by atoms with Crippen LogP contribution in [0.2, 0.25) is 0 Å². The van der Waals surface area contributed by atoms with Gasteiger partial charge >= 0.3 is 7.60 Å². The van der Waals surface area contributed by atoms with Crippen molar-refractivity contribution >= 4 is 23.2 Å². The molecule has 0 saturated heterocycles. The fourth-order valence-corrected chi connectivity index (χ4v) is 6.79. The first-order chi connectivity index (χ1) is 16.6. The van der Waals surface area contributed by atoms with Gasteiger partial charge in [0.05, 0.1) is 42.1 Å². The van der Waals surface area contributed by atoms with Crippen molar-refractivity contribution in [3.8, 4) is 0 Å². The molecular weight excluding hydrogens is 487 g/mol. The Balaban J connectivity index is 1.75. The van der Waals surface area contributed by atoms with Gasteiger partial charge in [0.15, 0.2) is 9.84 Å². The van der Waals surface area contributed by atoms with Gasteiger partial charge in [-0.2, -0.15) is 0 Å². The molecule has 1 heterocycles. The highest BCUT2D eigenvalue weighted by Gasteiger charge is 2.28. The van der Waals surface area contributed by atoms with Crippen LogP contribution in [-0.2, 0) is 40.8 Å². The van der Waals surface area contributed by atoms with E-state index >= 15 is 0 Å². The number of sulfone groups is 1. The molecular formula is C25H35N2O6PS. The number of aromatic nitrogens is 2. The molecule has 192 valence electrons. The molecule has 0 unspecified atom stereocenters. The number of carbonyl (C=O) groups excluding carboxylic acids is 1. The minimum Gasteiger partial charge on any atom is -0.309 e. The minimum atomic E-state index is -3.30. The van der Waals surface area contributed by atoms with Crippen LogP contribution in [0, 0.1) is 5.92 Å². The molecule has 35 heavy (non-hydrogen) atoms. The number of hydrogen-bond donors (Lipinski definition) is 0. The molecule has 8 nitrogen and oxygen atoms in total. The van der Waals surface area contributed by atoms with Crippen molar-refractivity contribution < 1.29 is 26.8 Å². The third kappa shape index (κ3) is 8.04. The van der Waals surface area contributed by atoms with E-state index in [0.29, 0.717) is 17.3 Å². The number of nitrogens with zero attached hydrogens (tertiary/aromatic N) is 2. The summed E-state index contributed by atoms with van der Waals surface area (Å²) >= 11 is 0. The molecule has 0 aliphatic heterocycles. The third-order valence-electron chi connectivity index (χ3n) is 6.26. The van der Waals surface area contributed by atoms with Gasteiger partial charge < -0.3 is 9.05 Å². The van der Waals surface area contributed by atoms with Crippen LogP contribution in [0.1, 0.15) is 68.8 Å². The Hall–Kier alpha value is -1.93. The van der Waals surface area contributed by atoms with Crippen LogP contribution in [0.3, 0.4) is 0 Å². The average molecular weight is 523 g/mol. The van der Waals surface area contributed by atoms with E-state index in [1.165, 1.54) is 31.5 Å². The van der Waals surface area contributed by atoms with Gasteiger partial charge in [0.2, 0.25) is 0 Å². The molecule has 0 amide bonds. The van der Waals surface area contributed by atoms with Crippen molar-refractivity contribution in [1.82, 2.24) is 9.97 Å². The first-order valence-electron chi connectivity index (χ1n) is 12.1. The Morgan fingerprint density at radius 3 is 2.11 bits per heavy atom. The van der Waals surface area contributed by atoms with Crippen LogP contribution in [0.4, 0.5) is 0 Å². The average Bonchev–Trinajstić information content (AvgIpc) is 3.32.